The third kappa shape index (κ3) is 3.27. The van der Waals surface area contributed by atoms with Crippen LogP contribution in [0.5, 0.6) is 0 Å². The Kier molecular flexibility index (Phi) is 4.50. The van der Waals surface area contributed by atoms with Crippen molar-refractivity contribution in [1.82, 2.24) is 0 Å². The normalized spacial score (nSPS) is 15.7. The molecule has 0 saturated heterocycles. The van der Waals surface area contributed by atoms with Crippen molar-refractivity contribution < 1.29 is 17.6 Å². The largest absolute Gasteiger partial charge is 0.370 e. The first kappa shape index (κ1) is 16.4. The topological polar surface area (TPSA) is 116 Å². The maximum atomic E-state index is 14.6. The van der Waals surface area contributed by atoms with Crippen molar-refractivity contribution in [3.63, 3.8) is 0 Å². The van der Waals surface area contributed by atoms with Gasteiger partial charge in [0.2, 0.25) is 0 Å². The number of halogens is 1. The van der Waals surface area contributed by atoms with Crippen LogP contribution in [-0.4, -0.2) is 26.5 Å². The van der Waals surface area contributed by atoms with Crippen molar-refractivity contribution in [1.29, 1.82) is 0 Å². The minimum absolute atomic E-state index is 0.00791. The first-order valence-corrected chi connectivity index (χ1v) is 8.77. The van der Waals surface area contributed by atoms with Crippen LogP contribution in [0.1, 0.15) is 47.5 Å². The fourth-order valence-electron chi connectivity index (χ4n) is 2.85. The quantitative estimate of drug-likeness (QED) is 0.641. The second kappa shape index (κ2) is 6.04. The molecule has 8 heteroatoms. The lowest BCUT2D eigenvalue weighted by molar-refractivity contribution is 0.0998. The van der Waals surface area contributed by atoms with Gasteiger partial charge in [-0.3, -0.25) is 4.79 Å². The number of carbonyl (C=O) groups excluding carboxylic acids is 1. The third-order valence-corrected chi connectivity index (χ3v) is 4.91. The molecule has 22 heavy (non-hydrogen) atoms. The van der Waals surface area contributed by atoms with Crippen molar-refractivity contribution in [2.24, 2.45) is 16.5 Å². The van der Waals surface area contributed by atoms with Crippen LogP contribution in [0.4, 0.5) is 4.39 Å². The Morgan fingerprint density at radius 1 is 1.27 bits per heavy atom. The fourth-order valence-corrected chi connectivity index (χ4v) is 3.95. The molecule has 0 radical (unpaired) electrons. The van der Waals surface area contributed by atoms with Gasteiger partial charge in [-0.15, -0.1) is 0 Å². The number of amides is 1. The predicted octanol–water partition coefficient (Wildman–Crippen LogP) is 1.30. The molecule has 0 bridgehead atoms. The number of nitrogens with zero attached hydrogens (tertiary/aromatic N) is 1. The summed E-state index contributed by atoms with van der Waals surface area (Å²) in [7, 11) is -3.82. The van der Waals surface area contributed by atoms with Gasteiger partial charge in [-0.05, 0) is 30.4 Å². The SMILES string of the molecule is CS(=O)(=O)c1c(C2CCCC2)ccc(C(=O)N=C(N)N)c1F. The molecule has 1 aromatic carbocycles. The Morgan fingerprint density at radius 2 is 1.86 bits per heavy atom. The van der Waals surface area contributed by atoms with E-state index in [4.69, 9.17) is 11.5 Å². The number of hydrogen-bond acceptors (Lipinski definition) is 3. The molecule has 1 aromatic rings. The second-order valence-electron chi connectivity index (χ2n) is 5.44. The zero-order valence-corrected chi connectivity index (χ0v) is 13.0. The summed E-state index contributed by atoms with van der Waals surface area (Å²) in [6.07, 6.45) is 4.50. The highest BCUT2D eigenvalue weighted by molar-refractivity contribution is 7.90. The molecule has 2 rings (SSSR count). The Bertz CT molecular complexity index is 734. The van der Waals surface area contributed by atoms with Gasteiger partial charge in [0, 0.05) is 6.26 Å². The molecular weight excluding hydrogens is 309 g/mol. The average molecular weight is 327 g/mol. The molecule has 0 unspecified atom stereocenters. The van der Waals surface area contributed by atoms with Crippen LogP contribution in [0.15, 0.2) is 22.0 Å². The third-order valence-electron chi connectivity index (χ3n) is 3.75. The van der Waals surface area contributed by atoms with Gasteiger partial charge in [-0.25, -0.2) is 12.8 Å². The molecule has 1 saturated carbocycles. The van der Waals surface area contributed by atoms with Crippen molar-refractivity contribution in [2.75, 3.05) is 6.26 Å². The van der Waals surface area contributed by atoms with Crippen LogP contribution in [0.2, 0.25) is 0 Å². The fraction of sp³-hybridized carbons (Fsp3) is 0.429. The summed E-state index contributed by atoms with van der Waals surface area (Å²) in [6.45, 7) is 0. The second-order valence-corrected chi connectivity index (χ2v) is 7.39. The number of benzene rings is 1. The molecule has 120 valence electrons. The molecule has 1 fully saturated rings. The highest BCUT2D eigenvalue weighted by Crippen LogP contribution is 2.38. The molecule has 0 heterocycles. The highest BCUT2D eigenvalue weighted by atomic mass is 32.2. The maximum Gasteiger partial charge on any atom is 0.283 e. The van der Waals surface area contributed by atoms with Gasteiger partial charge in [-0.2, -0.15) is 4.99 Å². The summed E-state index contributed by atoms with van der Waals surface area (Å²) in [5.41, 5.74) is 10.2. The van der Waals surface area contributed by atoms with Crippen LogP contribution in [0, 0.1) is 5.82 Å². The average Bonchev–Trinajstić information content (AvgIpc) is 2.89. The Morgan fingerprint density at radius 3 is 2.36 bits per heavy atom. The molecule has 6 nitrogen and oxygen atoms in total. The lowest BCUT2D eigenvalue weighted by Gasteiger charge is -2.16. The minimum atomic E-state index is -3.82. The molecule has 1 aliphatic carbocycles. The summed E-state index contributed by atoms with van der Waals surface area (Å²) in [5.74, 6) is -2.60. The summed E-state index contributed by atoms with van der Waals surface area (Å²) in [6, 6.07) is 2.73. The van der Waals surface area contributed by atoms with E-state index >= 15 is 0 Å². The summed E-state index contributed by atoms with van der Waals surface area (Å²) >= 11 is 0. The lowest BCUT2D eigenvalue weighted by Crippen LogP contribution is -2.24. The van der Waals surface area contributed by atoms with Crippen molar-refractivity contribution in [3.8, 4) is 0 Å². The van der Waals surface area contributed by atoms with Gasteiger partial charge >= 0.3 is 0 Å². The number of carbonyl (C=O) groups is 1. The number of nitrogens with two attached hydrogens (primary N) is 2. The maximum absolute atomic E-state index is 14.6. The van der Waals surface area contributed by atoms with Crippen LogP contribution in [-0.2, 0) is 9.84 Å². The first-order chi connectivity index (χ1) is 10.2. The Labute approximate surface area is 128 Å². The van der Waals surface area contributed by atoms with Gasteiger partial charge in [-0.1, -0.05) is 18.9 Å². The number of rotatable bonds is 3. The standard InChI is InChI=1S/C14H18FN3O3S/c1-22(20,21)12-9(8-4-2-3-5-8)6-7-10(11(12)15)13(19)18-14(16)17/h6-8H,2-5H2,1H3,(H4,16,17,18,19). The van der Waals surface area contributed by atoms with Gasteiger partial charge < -0.3 is 11.5 Å². The first-order valence-electron chi connectivity index (χ1n) is 6.88. The molecule has 4 N–H and O–H groups in total. The van der Waals surface area contributed by atoms with Gasteiger partial charge in [0.25, 0.3) is 5.91 Å². The van der Waals surface area contributed by atoms with E-state index in [1.54, 1.807) is 0 Å². The molecular formula is C14H18FN3O3S. The number of guanidine groups is 1. The molecule has 1 aliphatic rings. The van der Waals surface area contributed by atoms with Crippen molar-refractivity contribution >= 4 is 21.7 Å². The van der Waals surface area contributed by atoms with Crippen LogP contribution in [0.25, 0.3) is 0 Å². The molecule has 1 amide bonds. The zero-order chi connectivity index (χ0) is 16.5. The van der Waals surface area contributed by atoms with E-state index in [9.17, 15) is 17.6 Å². The zero-order valence-electron chi connectivity index (χ0n) is 12.2. The van der Waals surface area contributed by atoms with E-state index in [-0.39, 0.29) is 5.92 Å². The Balaban J connectivity index is 2.63. The highest BCUT2D eigenvalue weighted by Gasteiger charge is 2.29. The molecule has 0 aromatic heterocycles. The van der Waals surface area contributed by atoms with Gasteiger partial charge in [0.05, 0.1) is 5.56 Å². The lowest BCUT2D eigenvalue weighted by atomic mass is 9.96. The van der Waals surface area contributed by atoms with E-state index < -0.39 is 38.0 Å². The summed E-state index contributed by atoms with van der Waals surface area (Å²) < 4.78 is 38.6. The van der Waals surface area contributed by atoms with Gasteiger partial charge in [0.1, 0.15) is 4.90 Å². The van der Waals surface area contributed by atoms with E-state index in [1.165, 1.54) is 12.1 Å². The minimum Gasteiger partial charge on any atom is -0.370 e. The monoisotopic (exact) mass is 327 g/mol. The number of hydrogen-bond donors (Lipinski definition) is 2. The number of aliphatic imine (C=N–C) groups is 1. The van der Waals surface area contributed by atoms with E-state index in [2.05, 4.69) is 4.99 Å². The van der Waals surface area contributed by atoms with E-state index in [0.29, 0.717) is 5.56 Å². The Hall–Kier alpha value is -1.96. The van der Waals surface area contributed by atoms with E-state index in [0.717, 1.165) is 31.9 Å². The van der Waals surface area contributed by atoms with Crippen LogP contribution in [0.3, 0.4) is 0 Å². The summed E-state index contributed by atoms with van der Waals surface area (Å²) in [5, 5.41) is 0. The summed E-state index contributed by atoms with van der Waals surface area (Å²) in [4.78, 5) is 14.6. The molecule has 0 atom stereocenters. The molecule has 0 aliphatic heterocycles. The van der Waals surface area contributed by atoms with Crippen molar-refractivity contribution in [2.45, 2.75) is 36.5 Å². The van der Waals surface area contributed by atoms with Crippen LogP contribution < -0.4 is 11.5 Å². The van der Waals surface area contributed by atoms with Crippen LogP contribution >= 0.6 is 0 Å². The van der Waals surface area contributed by atoms with Gasteiger partial charge in [0.15, 0.2) is 21.6 Å². The predicted molar refractivity (Wildman–Crippen MR) is 80.9 cm³/mol. The van der Waals surface area contributed by atoms with Crippen molar-refractivity contribution in [3.05, 3.63) is 29.1 Å². The smallest absolute Gasteiger partial charge is 0.283 e. The molecule has 0 spiro atoms. The number of sulfone groups is 1. The van der Waals surface area contributed by atoms with E-state index in [1.807, 2.05) is 0 Å².